The molecule has 0 aliphatic carbocycles. The summed E-state index contributed by atoms with van der Waals surface area (Å²) in [6.45, 7) is 8.74. The molecule has 2 aliphatic heterocycles. The number of hydrogen-bond donors (Lipinski definition) is 4. The van der Waals surface area contributed by atoms with Crippen LogP contribution < -0.4 is 10.6 Å². The van der Waals surface area contributed by atoms with Crippen molar-refractivity contribution >= 4 is 67.1 Å². The van der Waals surface area contributed by atoms with E-state index in [0.29, 0.717) is 24.7 Å². The van der Waals surface area contributed by atoms with Crippen molar-refractivity contribution in [2.45, 2.75) is 77.5 Å². The lowest BCUT2D eigenvalue weighted by Crippen LogP contribution is -2.51. The van der Waals surface area contributed by atoms with Crippen LogP contribution in [-0.4, -0.2) is 103 Å². The van der Waals surface area contributed by atoms with Gasteiger partial charge in [0, 0.05) is 35.3 Å². The lowest BCUT2D eigenvalue weighted by molar-refractivity contribution is -0.136. The highest BCUT2D eigenvalue weighted by molar-refractivity contribution is 7.17. The zero-order chi connectivity index (χ0) is 42.2. The van der Waals surface area contributed by atoms with E-state index in [0.717, 1.165) is 79.8 Å². The smallest absolute Gasteiger partial charge is 0.407 e. The summed E-state index contributed by atoms with van der Waals surface area (Å²) in [5, 5.41) is 5.42. The Morgan fingerprint density at radius 1 is 0.650 bits per heavy atom. The third kappa shape index (κ3) is 7.57. The molecule has 16 nitrogen and oxygen atoms in total. The van der Waals surface area contributed by atoms with Gasteiger partial charge in [0.25, 0.3) is 0 Å². The average Bonchev–Trinajstić information content (AvgIpc) is 4.10. The van der Waals surface area contributed by atoms with E-state index in [-0.39, 0.29) is 35.7 Å². The molecule has 8 rings (SSSR count). The number of aromatic amines is 2. The van der Waals surface area contributed by atoms with Crippen LogP contribution >= 0.6 is 22.7 Å². The largest absolute Gasteiger partial charge is 0.453 e. The molecule has 6 aromatic rings. The van der Waals surface area contributed by atoms with Gasteiger partial charge in [-0.2, -0.15) is 0 Å². The Balaban J connectivity index is 1.05. The summed E-state index contributed by atoms with van der Waals surface area (Å²) < 4.78 is 11.6. The van der Waals surface area contributed by atoms with E-state index in [9.17, 15) is 19.2 Å². The predicted molar refractivity (Wildman–Crippen MR) is 229 cm³/mol. The summed E-state index contributed by atoms with van der Waals surface area (Å²) in [7, 11) is 2.58. The minimum Gasteiger partial charge on any atom is -0.453 e. The highest BCUT2D eigenvalue weighted by atomic mass is 32.1. The molecule has 4 aromatic heterocycles. The second kappa shape index (κ2) is 17.0. The fourth-order valence-corrected chi connectivity index (χ4v) is 10.1. The van der Waals surface area contributed by atoms with Crippen molar-refractivity contribution in [3.63, 3.8) is 0 Å². The Labute approximate surface area is 354 Å². The molecule has 0 saturated carbocycles. The van der Waals surface area contributed by atoms with Crippen molar-refractivity contribution < 1.29 is 28.7 Å². The maximum absolute atomic E-state index is 13.7. The minimum absolute atomic E-state index is 0.127. The fourth-order valence-electron chi connectivity index (χ4n) is 8.43. The lowest BCUT2D eigenvalue weighted by atomic mass is 9.98. The third-order valence-electron chi connectivity index (χ3n) is 11.5. The van der Waals surface area contributed by atoms with Crippen LogP contribution in [0.4, 0.5) is 9.59 Å². The van der Waals surface area contributed by atoms with Gasteiger partial charge in [0.1, 0.15) is 23.7 Å². The van der Waals surface area contributed by atoms with Gasteiger partial charge in [-0.1, -0.05) is 52.0 Å². The van der Waals surface area contributed by atoms with Crippen molar-refractivity contribution in [1.29, 1.82) is 0 Å². The van der Waals surface area contributed by atoms with Crippen LogP contribution in [0.5, 0.6) is 0 Å². The van der Waals surface area contributed by atoms with Crippen molar-refractivity contribution in [1.82, 2.24) is 50.3 Å². The number of rotatable bonds is 11. The Hall–Kier alpha value is -5.88. The topological polar surface area (TPSA) is 200 Å². The first-order chi connectivity index (χ1) is 29.0. The number of H-pyrrole nitrogens is 2. The van der Waals surface area contributed by atoms with Gasteiger partial charge in [-0.25, -0.2) is 29.5 Å². The molecule has 0 spiro atoms. The standard InChI is InChI=1S/C42H48N10O6S2/c1-21(2)31(49-41(55)57-5)39(53)51-15-7-9-29(51)37-43-17-27(47-37)25-13-11-23(33-35(25)59-19-45-33)24-12-14-26(36-34(24)46-20-60-36)28-18-44-38(48-28)30-10-8-16-52(30)40(54)32(22(3)4)50-42(56)58-6/h11-14,17-22,29-32H,7-10,15-16H2,1-6H3,(H,43,47)(H,44,48)(H,49,55)(H,50,56). The number of aromatic nitrogens is 6. The highest BCUT2D eigenvalue weighted by Crippen LogP contribution is 2.43. The summed E-state index contributed by atoms with van der Waals surface area (Å²) in [6.07, 6.45) is 5.51. The van der Waals surface area contributed by atoms with Gasteiger partial charge in [0.05, 0.1) is 81.5 Å². The van der Waals surface area contributed by atoms with Crippen LogP contribution in [0.1, 0.15) is 77.1 Å². The monoisotopic (exact) mass is 852 g/mol. The van der Waals surface area contributed by atoms with Crippen LogP contribution in [0.15, 0.2) is 47.7 Å². The predicted octanol–water partition coefficient (Wildman–Crippen LogP) is 7.44. The molecule has 4 unspecified atom stereocenters. The second-order valence-corrected chi connectivity index (χ2v) is 17.5. The maximum atomic E-state index is 13.7. The van der Waals surface area contributed by atoms with Crippen LogP contribution in [0, 0.1) is 11.8 Å². The summed E-state index contributed by atoms with van der Waals surface area (Å²) in [6, 6.07) is 6.36. The molecule has 60 heavy (non-hydrogen) atoms. The number of benzene rings is 2. The first-order valence-electron chi connectivity index (χ1n) is 20.1. The molecule has 314 valence electrons. The van der Waals surface area contributed by atoms with Crippen molar-refractivity contribution in [2.24, 2.45) is 11.8 Å². The van der Waals surface area contributed by atoms with Crippen LogP contribution in [0.25, 0.3) is 54.1 Å². The number of thiazole rings is 2. The molecule has 2 aromatic carbocycles. The van der Waals surface area contributed by atoms with E-state index in [1.165, 1.54) is 14.2 Å². The van der Waals surface area contributed by atoms with Gasteiger partial charge in [-0.05, 0) is 37.5 Å². The molecule has 0 bridgehead atoms. The molecule has 2 aliphatic rings. The molecule has 4 amide bonds. The second-order valence-electron chi connectivity index (χ2n) is 15.8. The van der Waals surface area contributed by atoms with Gasteiger partial charge in [0.15, 0.2) is 0 Å². The number of ether oxygens (including phenoxy) is 2. The average molecular weight is 853 g/mol. The molecule has 2 fully saturated rings. The Morgan fingerprint density at radius 2 is 1.05 bits per heavy atom. The number of nitrogens with one attached hydrogen (secondary N) is 4. The van der Waals surface area contributed by atoms with Crippen LogP contribution in [0.2, 0.25) is 0 Å². The first-order valence-corrected chi connectivity index (χ1v) is 21.9. The fraction of sp³-hybridized carbons (Fsp3) is 0.429. The molecule has 4 N–H and O–H groups in total. The quantitative estimate of drug-likeness (QED) is 0.102. The lowest BCUT2D eigenvalue weighted by Gasteiger charge is -2.30. The summed E-state index contributed by atoms with van der Waals surface area (Å²) >= 11 is 3.10. The number of alkyl carbamates (subject to hydrolysis) is 2. The van der Waals surface area contributed by atoms with E-state index >= 15 is 0 Å². The number of fused-ring (bicyclic) bond motifs is 2. The molecular weight excluding hydrogens is 805 g/mol. The van der Waals surface area contributed by atoms with Crippen molar-refractivity contribution in [2.75, 3.05) is 27.3 Å². The van der Waals surface area contributed by atoms with Gasteiger partial charge >= 0.3 is 12.2 Å². The van der Waals surface area contributed by atoms with Crippen LogP contribution in [0.3, 0.4) is 0 Å². The molecular formula is C42H48N10O6S2. The number of hydrogen-bond acceptors (Lipinski definition) is 12. The number of imidazole rings is 2. The van der Waals surface area contributed by atoms with E-state index in [1.807, 2.05) is 51.1 Å². The minimum atomic E-state index is -0.714. The number of nitrogens with zero attached hydrogens (tertiary/aromatic N) is 6. The summed E-state index contributed by atoms with van der Waals surface area (Å²) in [4.78, 5) is 81.4. The normalized spacial score (nSPS) is 17.8. The van der Waals surface area contributed by atoms with E-state index in [4.69, 9.17) is 29.4 Å². The summed E-state index contributed by atoms with van der Waals surface area (Å²) in [5.41, 5.74) is 10.8. The molecule has 6 heterocycles. The Kier molecular flexibility index (Phi) is 11.6. The number of amides is 4. The maximum Gasteiger partial charge on any atom is 0.407 e. The van der Waals surface area contributed by atoms with Gasteiger partial charge in [-0.3, -0.25) is 9.59 Å². The van der Waals surface area contributed by atoms with Crippen molar-refractivity contribution in [3.05, 3.63) is 59.3 Å². The zero-order valence-corrected chi connectivity index (χ0v) is 35.9. The Bertz CT molecular complexity index is 2380. The van der Waals surface area contributed by atoms with Crippen LogP contribution in [-0.2, 0) is 19.1 Å². The number of likely N-dealkylation sites (tertiary alicyclic amines) is 2. The van der Waals surface area contributed by atoms with E-state index < -0.39 is 24.3 Å². The SMILES string of the molecule is COC(=O)NC(C(=O)N1CCCC1c1ncc(-c2ccc(-c3ccc(-c4cnc(C5CCCN5C(=O)C(NC(=O)OC)C(C)C)[nH]4)c4scnc34)c3ncsc23)[nH]1)C(C)C. The third-order valence-corrected chi connectivity index (χ3v) is 13.2. The highest BCUT2D eigenvalue weighted by Gasteiger charge is 2.39. The number of methoxy groups -OCH3 is 2. The number of carbonyl (C=O) groups is 4. The molecule has 0 radical (unpaired) electrons. The summed E-state index contributed by atoms with van der Waals surface area (Å²) in [5.74, 6) is 0.826. The first kappa shape index (κ1) is 40.9. The van der Waals surface area contributed by atoms with Crippen molar-refractivity contribution in [3.8, 4) is 33.6 Å². The molecule has 4 atom stereocenters. The van der Waals surface area contributed by atoms with E-state index in [1.54, 1.807) is 32.5 Å². The van der Waals surface area contributed by atoms with Gasteiger partial charge in [0.2, 0.25) is 11.8 Å². The number of carbonyl (C=O) groups excluding carboxylic acids is 4. The van der Waals surface area contributed by atoms with E-state index in [2.05, 4.69) is 44.9 Å². The molecule has 2 saturated heterocycles. The Morgan fingerprint density at radius 3 is 1.43 bits per heavy atom. The van der Waals surface area contributed by atoms with Gasteiger partial charge < -0.3 is 39.9 Å². The van der Waals surface area contributed by atoms with Gasteiger partial charge in [-0.15, -0.1) is 22.7 Å². The molecule has 18 heteroatoms. The zero-order valence-electron chi connectivity index (χ0n) is 34.3.